The third-order valence-electron chi connectivity index (χ3n) is 24.4. The second-order valence-electron chi connectivity index (χ2n) is 31.0. The van der Waals surface area contributed by atoms with E-state index in [1.54, 1.807) is 0 Å². The summed E-state index contributed by atoms with van der Waals surface area (Å²) in [4.78, 5) is 30.6. The van der Waals surface area contributed by atoms with Gasteiger partial charge >= 0.3 is 0 Å². The number of aromatic nitrogens is 6. The predicted molar refractivity (Wildman–Crippen MR) is 499 cm³/mol. The number of hydrogen-bond donors (Lipinski definition) is 0. The van der Waals surface area contributed by atoms with Crippen molar-refractivity contribution in [2.24, 2.45) is 0 Å². The van der Waals surface area contributed by atoms with Crippen molar-refractivity contribution in [3.8, 4) is 113 Å². The molecule has 2 aliphatic rings. The summed E-state index contributed by atoms with van der Waals surface area (Å²) in [6.07, 6.45) is 0. The van der Waals surface area contributed by atoms with Crippen molar-refractivity contribution in [3.63, 3.8) is 0 Å². The molecular formula is C112H70N6S2. The summed E-state index contributed by atoms with van der Waals surface area (Å²) < 4.78 is 5.06. The van der Waals surface area contributed by atoms with Crippen molar-refractivity contribution in [2.45, 2.75) is 10.8 Å². The molecule has 8 heteroatoms. The molecule has 18 aromatic carbocycles. The molecule has 0 fully saturated rings. The average Bonchev–Trinajstić information content (AvgIpc) is 1.55. The summed E-state index contributed by atoms with van der Waals surface area (Å²) >= 11 is 3.74. The zero-order valence-electron chi connectivity index (χ0n) is 64.9. The lowest BCUT2D eigenvalue weighted by atomic mass is 9.67. The fourth-order valence-electron chi connectivity index (χ4n) is 19.1. The Bertz CT molecular complexity index is 7650. The highest BCUT2D eigenvalue weighted by atomic mass is 32.1. The third kappa shape index (κ3) is 11.6. The first-order valence-electron chi connectivity index (χ1n) is 40.7. The molecule has 120 heavy (non-hydrogen) atoms. The fourth-order valence-corrected chi connectivity index (χ4v) is 21.5. The van der Waals surface area contributed by atoms with E-state index in [-0.39, 0.29) is 0 Å². The molecule has 4 aromatic heterocycles. The minimum absolute atomic E-state index is 0.440. The van der Waals surface area contributed by atoms with Crippen LogP contribution in [-0.4, -0.2) is 29.9 Å². The molecule has 6 nitrogen and oxygen atoms in total. The van der Waals surface area contributed by atoms with Gasteiger partial charge in [0.2, 0.25) is 0 Å². The molecule has 0 saturated heterocycles. The lowest BCUT2D eigenvalue weighted by Crippen LogP contribution is -2.28. The Labute approximate surface area is 702 Å². The maximum atomic E-state index is 5.18. The first-order valence-corrected chi connectivity index (χ1v) is 42.3. The van der Waals surface area contributed by atoms with Crippen LogP contribution in [0.1, 0.15) is 44.5 Å². The lowest BCUT2D eigenvalue weighted by molar-refractivity contribution is 0.770. The SMILES string of the molecule is c1ccc(-c2nc(-c3cccc(-c4cccc5sc6cc(C7(c8ccccc8)c8ccccc8-c8ccccc87)ccc6c45)c3)nc(-c3ccc4ccccc4c3)n2)cc1.c1ccc(-c2nc(-c3ccccc3)nc(-c3cc(-c4cccc5sc6cc(C7(c8ccccc8)c8ccccc8-c8ccccc87)ccc6c45)cc4ccccc34)n2)cc1. The minimum Gasteiger partial charge on any atom is -0.208 e. The highest BCUT2D eigenvalue weighted by Gasteiger charge is 2.48. The first kappa shape index (κ1) is 70.4. The summed E-state index contributed by atoms with van der Waals surface area (Å²) in [5.41, 5.74) is 25.1. The molecule has 2 aliphatic carbocycles. The molecule has 560 valence electrons. The Kier molecular flexibility index (Phi) is 17.0. The minimum atomic E-state index is -0.448. The standard InChI is InChI=1S/2C56H35N3S/c1-4-17-36(18-5-1)53-57-54(37-19-6-2-7-20-37)59-55(58-53)47-34-39(33-38-21-10-11-24-42(38)47)43-27-16-30-50-52(43)46-32-31-41(35-51(46)60-50)56(40-22-8-3-9-23-40)48-28-14-12-25-44(48)45-26-13-15-29-49(45)56;1-3-16-37(17-4-1)53-57-54(59-55(58-53)41-30-29-36-15-7-8-18-38(36)33-41)40-20-13-19-39(34-40)44-25-14-28-50-52(44)47-32-31-43(35-51(47)60-50)56(42-21-5-2-6-22-42)48-26-11-9-23-45(48)46-24-10-12-27-49(46)56/h2*1-35H. The lowest BCUT2D eigenvalue weighted by Gasteiger charge is -2.33. The molecule has 0 spiro atoms. The van der Waals surface area contributed by atoms with Gasteiger partial charge in [-0.1, -0.05) is 376 Å². The average molecular weight is 1560 g/mol. The van der Waals surface area contributed by atoms with E-state index in [0.29, 0.717) is 34.9 Å². The summed E-state index contributed by atoms with van der Waals surface area (Å²) in [5.74, 6) is 3.89. The molecule has 0 atom stereocenters. The van der Waals surface area contributed by atoms with Gasteiger partial charge < -0.3 is 0 Å². The molecule has 4 heterocycles. The van der Waals surface area contributed by atoms with E-state index in [4.69, 9.17) is 29.9 Å². The Morgan fingerprint density at radius 3 is 0.983 bits per heavy atom. The van der Waals surface area contributed by atoms with Gasteiger partial charge in [0.1, 0.15) is 0 Å². The van der Waals surface area contributed by atoms with Gasteiger partial charge in [-0.15, -0.1) is 22.7 Å². The molecule has 0 unspecified atom stereocenters. The van der Waals surface area contributed by atoms with Gasteiger partial charge in [-0.05, 0) is 159 Å². The number of rotatable bonds is 12. The van der Waals surface area contributed by atoms with Crippen LogP contribution in [0.2, 0.25) is 0 Å². The van der Waals surface area contributed by atoms with Crippen molar-refractivity contribution in [1.29, 1.82) is 0 Å². The number of hydrogen-bond acceptors (Lipinski definition) is 8. The second-order valence-corrected chi connectivity index (χ2v) is 33.2. The van der Waals surface area contributed by atoms with Crippen molar-refractivity contribution >= 4 is 84.6 Å². The van der Waals surface area contributed by atoms with Gasteiger partial charge in [0.25, 0.3) is 0 Å². The molecule has 0 saturated carbocycles. The molecular weight excluding hydrogens is 1490 g/mol. The van der Waals surface area contributed by atoms with Crippen LogP contribution in [0.25, 0.3) is 175 Å². The van der Waals surface area contributed by atoms with Crippen LogP contribution in [0.3, 0.4) is 0 Å². The largest absolute Gasteiger partial charge is 0.208 e. The van der Waals surface area contributed by atoms with E-state index in [1.807, 2.05) is 77.3 Å². The van der Waals surface area contributed by atoms with Gasteiger partial charge in [-0.2, -0.15) is 0 Å². The van der Waals surface area contributed by atoms with Gasteiger partial charge in [0.15, 0.2) is 34.9 Å². The zero-order chi connectivity index (χ0) is 79.2. The van der Waals surface area contributed by atoms with E-state index in [0.717, 1.165) is 60.7 Å². The van der Waals surface area contributed by atoms with Gasteiger partial charge in [-0.25, -0.2) is 29.9 Å². The number of fused-ring (bicyclic) bond motifs is 14. The monoisotopic (exact) mass is 1560 g/mol. The summed E-state index contributed by atoms with van der Waals surface area (Å²) in [7, 11) is 0. The topological polar surface area (TPSA) is 77.3 Å². The number of thiophene rings is 2. The molecule has 24 rings (SSSR count). The summed E-state index contributed by atoms with van der Waals surface area (Å²) in [6.45, 7) is 0. The fraction of sp³-hybridized carbons (Fsp3) is 0.0179. The van der Waals surface area contributed by atoms with Crippen LogP contribution >= 0.6 is 22.7 Å². The Morgan fingerprint density at radius 1 is 0.167 bits per heavy atom. The van der Waals surface area contributed by atoms with Crippen molar-refractivity contribution in [1.82, 2.24) is 29.9 Å². The van der Waals surface area contributed by atoms with Gasteiger partial charge in [-0.3, -0.25) is 0 Å². The normalized spacial score (nSPS) is 12.8. The van der Waals surface area contributed by atoms with Crippen molar-refractivity contribution in [2.75, 3.05) is 0 Å². The number of benzene rings is 18. The first-order chi connectivity index (χ1) is 59.5. The maximum absolute atomic E-state index is 5.18. The van der Waals surface area contributed by atoms with Crippen LogP contribution in [0.5, 0.6) is 0 Å². The highest BCUT2D eigenvalue weighted by molar-refractivity contribution is 7.26. The molecule has 0 radical (unpaired) electrons. The van der Waals surface area contributed by atoms with Crippen LogP contribution in [-0.2, 0) is 10.8 Å². The Hall–Kier alpha value is -15.1. The van der Waals surface area contributed by atoms with Crippen LogP contribution in [0.15, 0.2) is 425 Å². The van der Waals surface area contributed by atoms with Crippen LogP contribution in [0, 0.1) is 0 Å². The van der Waals surface area contributed by atoms with Gasteiger partial charge in [0, 0.05) is 73.7 Å². The van der Waals surface area contributed by atoms with Crippen molar-refractivity contribution < 1.29 is 0 Å². The molecule has 0 aliphatic heterocycles. The van der Waals surface area contributed by atoms with E-state index in [2.05, 4.69) is 370 Å². The maximum Gasteiger partial charge on any atom is 0.164 e. The number of nitrogens with zero attached hydrogens (tertiary/aromatic N) is 6. The quantitative estimate of drug-likeness (QED) is 0.121. The zero-order valence-corrected chi connectivity index (χ0v) is 66.5. The van der Waals surface area contributed by atoms with E-state index in [9.17, 15) is 0 Å². The Morgan fingerprint density at radius 2 is 0.508 bits per heavy atom. The molecule has 0 amide bonds. The predicted octanol–water partition coefficient (Wildman–Crippen LogP) is 28.8. The van der Waals surface area contributed by atoms with E-state index < -0.39 is 10.8 Å². The van der Waals surface area contributed by atoms with Crippen LogP contribution in [0.4, 0.5) is 0 Å². The summed E-state index contributed by atoms with van der Waals surface area (Å²) in [6, 6.07) is 153. The van der Waals surface area contributed by atoms with Gasteiger partial charge in [0.05, 0.1) is 10.8 Å². The third-order valence-corrected chi connectivity index (χ3v) is 26.6. The van der Waals surface area contributed by atoms with E-state index in [1.165, 1.54) is 124 Å². The van der Waals surface area contributed by atoms with E-state index >= 15 is 0 Å². The summed E-state index contributed by atoms with van der Waals surface area (Å²) in [5, 5.41) is 9.60. The van der Waals surface area contributed by atoms with Crippen LogP contribution < -0.4 is 0 Å². The molecule has 0 N–H and O–H groups in total. The Balaban J connectivity index is 0.000000140. The molecule has 22 aromatic rings. The highest BCUT2D eigenvalue weighted by Crippen LogP contribution is 2.59. The smallest absolute Gasteiger partial charge is 0.164 e. The molecule has 0 bridgehead atoms. The van der Waals surface area contributed by atoms with Crippen molar-refractivity contribution in [3.05, 3.63) is 469 Å². The second kappa shape index (κ2) is 29.0.